The van der Waals surface area contributed by atoms with Crippen LogP contribution >= 0.6 is 0 Å². The highest BCUT2D eigenvalue weighted by atomic mass is 19.4. The monoisotopic (exact) mass is 364 g/mol. The molecule has 9 heteroatoms. The minimum Gasteiger partial charge on any atom is -0.406 e. The van der Waals surface area contributed by atoms with E-state index in [0.29, 0.717) is 11.3 Å². The number of urea groups is 1. The summed E-state index contributed by atoms with van der Waals surface area (Å²) in [5.74, 6) is -0.311. The molecular weight excluding hydrogens is 349 g/mol. The second-order valence-corrected chi connectivity index (χ2v) is 5.54. The lowest BCUT2D eigenvalue weighted by molar-refractivity contribution is -0.274. The van der Waals surface area contributed by atoms with Crippen molar-refractivity contribution in [3.05, 3.63) is 54.2 Å². The third kappa shape index (κ3) is 4.44. The number of aryl methyl sites for hydroxylation is 1. The van der Waals surface area contributed by atoms with Gasteiger partial charge in [-0.15, -0.1) is 13.2 Å². The highest BCUT2D eigenvalue weighted by Crippen LogP contribution is 2.23. The average molecular weight is 364 g/mol. The molecule has 0 aliphatic heterocycles. The van der Waals surface area contributed by atoms with Crippen molar-refractivity contribution in [3.63, 3.8) is 0 Å². The van der Waals surface area contributed by atoms with Gasteiger partial charge in [0, 0.05) is 25.2 Å². The van der Waals surface area contributed by atoms with Gasteiger partial charge in [0.15, 0.2) is 0 Å². The van der Waals surface area contributed by atoms with E-state index in [0.717, 1.165) is 10.9 Å². The highest BCUT2D eigenvalue weighted by molar-refractivity contribution is 6.00. The molecule has 0 bridgehead atoms. The van der Waals surface area contributed by atoms with E-state index in [2.05, 4.69) is 20.5 Å². The maximum absolute atomic E-state index is 12.1. The van der Waals surface area contributed by atoms with Gasteiger partial charge in [-0.05, 0) is 29.8 Å². The summed E-state index contributed by atoms with van der Waals surface area (Å²) in [7, 11) is 1.79. The number of carbonyl (C=O) groups is 1. The lowest BCUT2D eigenvalue weighted by Crippen LogP contribution is -2.28. The molecule has 2 aromatic carbocycles. The standard InChI is InChI=1S/C17H15F3N4O2/c1-24-10-13-14(3-2-4-15(13)23-24)22-16(25)21-9-11-5-7-12(8-6-11)26-17(18,19)20/h2-8,10H,9H2,1H3,(H2,21,22,25). The Hall–Kier alpha value is -3.23. The van der Waals surface area contributed by atoms with E-state index >= 15 is 0 Å². The van der Waals surface area contributed by atoms with Crippen molar-refractivity contribution in [2.24, 2.45) is 7.05 Å². The number of benzene rings is 2. The number of fused-ring (bicyclic) bond motifs is 1. The predicted octanol–water partition coefficient (Wildman–Crippen LogP) is 3.79. The molecule has 2 N–H and O–H groups in total. The molecule has 26 heavy (non-hydrogen) atoms. The van der Waals surface area contributed by atoms with E-state index in [-0.39, 0.29) is 12.3 Å². The minimum absolute atomic E-state index is 0.154. The fourth-order valence-corrected chi connectivity index (χ4v) is 2.43. The quantitative estimate of drug-likeness (QED) is 0.740. The number of alkyl halides is 3. The van der Waals surface area contributed by atoms with Gasteiger partial charge in [0.2, 0.25) is 0 Å². The fraction of sp³-hybridized carbons (Fsp3) is 0.176. The molecule has 0 radical (unpaired) electrons. The molecule has 2 amide bonds. The van der Waals surface area contributed by atoms with Gasteiger partial charge in [0.1, 0.15) is 5.75 Å². The van der Waals surface area contributed by atoms with Crippen molar-refractivity contribution >= 4 is 22.6 Å². The molecule has 0 unspecified atom stereocenters. The summed E-state index contributed by atoms with van der Waals surface area (Å²) in [6.07, 6.45) is -2.93. The Labute approximate surface area is 146 Å². The Morgan fingerprint density at radius 1 is 1.19 bits per heavy atom. The molecule has 0 atom stereocenters. The van der Waals surface area contributed by atoms with Crippen LogP contribution < -0.4 is 15.4 Å². The second-order valence-electron chi connectivity index (χ2n) is 5.54. The third-order valence-corrected chi connectivity index (χ3v) is 3.52. The first-order chi connectivity index (χ1) is 12.3. The molecule has 1 heterocycles. The largest absolute Gasteiger partial charge is 0.573 e. The van der Waals surface area contributed by atoms with Gasteiger partial charge in [-0.25, -0.2) is 4.79 Å². The zero-order chi connectivity index (χ0) is 18.7. The van der Waals surface area contributed by atoms with Crippen LogP contribution in [-0.2, 0) is 13.6 Å². The first kappa shape index (κ1) is 17.6. The summed E-state index contributed by atoms with van der Waals surface area (Å²) in [6.45, 7) is 0.154. The van der Waals surface area contributed by atoms with E-state index in [1.54, 1.807) is 30.1 Å². The second kappa shape index (κ2) is 6.95. The molecule has 0 saturated heterocycles. The van der Waals surface area contributed by atoms with Crippen LogP contribution in [0.5, 0.6) is 5.75 Å². The summed E-state index contributed by atoms with van der Waals surface area (Å²) in [4.78, 5) is 12.1. The van der Waals surface area contributed by atoms with Crippen LogP contribution in [0, 0.1) is 0 Å². The van der Waals surface area contributed by atoms with Gasteiger partial charge in [-0.3, -0.25) is 4.68 Å². The predicted molar refractivity (Wildman–Crippen MR) is 89.7 cm³/mol. The summed E-state index contributed by atoms with van der Waals surface area (Å²) < 4.78 is 41.8. The fourth-order valence-electron chi connectivity index (χ4n) is 2.43. The van der Waals surface area contributed by atoms with Gasteiger partial charge >= 0.3 is 12.4 Å². The first-order valence-corrected chi connectivity index (χ1v) is 7.62. The zero-order valence-electron chi connectivity index (χ0n) is 13.7. The molecule has 3 aromatic rings. The normalized spacial score (nSPS) is 11.4. The number of carbonyl (C=O) groups excluding carboxylic acids is 1. The van der Waals surface area contributed by atoms with Crippen molar-refractivity contribution in [2.75, 3.05) is 5.32 Å². The Balaban J connectivity index is 1.58. The van der Waals surface area contributed by atoms with Crippen LogP contribution in [0.15, 0.2) is 48.7 Å². The number of nitrogens with zero attached hydrogens (tertiary/aromatic N) is 2. The van der Waals surface area contributed by atoms with Crippen LogP contribution in [0.2, 0.25) is 0 Å². The van der Waals surface area contributed by atoms with Crippen molar-refractivity contribution < 1.29 is 22.7 Å². The van der Waals surface area contributed by atoms with Crippen LogP contribution in [0.1, 0.15) is 5.56 Å². The lowest BCUT2D eigenvalue weighted by atomic mass is 10.2. The zero-order valence-corrected chi connectivity index (χ0v) is 13.7. The van der Waals surface area contributed by atoms with Crippen LogP contribution in [0.25, 0.3) is 10.9 Å². The summed E-state index contributed by atoms with van der Waals surface area (Å²) >= 11 is 0. The molecule has 0 fully saturated rings. The number of rotatable bonds is 4. The van der Waals surface area contributed by atoms with Crippen molar-refractivity contribution in [3.8, 4) is 5.75 Å². The molecule has 0 aliphatic rings. The Kier molecular flexibility index (Phi) is 4.70. The van der Waals surface area contributed by atoms with Crippen LogP contribution in [0.4, 0.5) is 23.7 Å². The number of ether oxygens (including phenoxy) is 1. The molecule has 0 spiro atoms. The van der Waals surface area contributed by atoms with E-state index < -0.39 is 12.4 Å². The van der Waals surface area contributed by atoms with Gasteiger partial charge in [-0.2, -0.15) is 5.10 Å². The van der Waals surface area contributed by atoms with Crippen LogP contribution in [-0.4, -0.2) is 22.2 Å². The van der Waals surface area contributed by atoms with Gasteiger partial charge < -0.3 is 15.4 Å². The molecule has 6 nitrogen and oxygen atoms in total. The molecule has 1 aromatic heterocycles. The third-order valence-electron chi connectivity index (χ3n) is 3.52. The maximum atomic E-state index is 12.1. The Morgan fingerprint density at radius 3 is 2.62 bits per heavy atom. The molecule has 136 valence electrons. The first-order valence-electron chi connectivity index (χ1n) is 7.62. The van der Waals surface area contributed by atoms with E-state index in [9.17, 15) is 18.0 Å². The molecule has 0 saturated carbocycles. The van der Waals surface area contributed by atoms with Gasteiger partial charge in [-0.1, -0.05) is 18.2 Å². The van der Waals surface area contributed by atoms with E-state index in [1.165, 1.54) is 24.3 Å². The smallest absolute Gasteiger partial charge is 0.406 e. The molecule has 3 rings (SSSR count). The summed E-state index contributed by atoms with van der Waals surface area (Å²) in [5, 5.41) is 10.4. The summed E-state index contributed by atoms with van der Waals surface area (Å²) in [5.41, 5.74) is 2.00. The van der Waals surface area contributed by atoms with Crippen LogP contribution in [0.3, 0.4) is 0 Å². The van der Waals surface area contributed by atoms with Crippen molar-refractivity contribution in [1.29, 1.82) is 0 Å². The maximum Gasteiger partial charge on any atom is 0.573 e. The number of halogens is 3. The summed E-state index contributed by atoms with van der Waals surface area (Å²) in [6, 6.07) is 10.2. The number of nitrogens with one attached hydrogen (secondary N) is 2. The number of hydrogen-bond acceptors (Lipinski definition) is 3. The number of aromatic nitrogens is 2. The Bertz CT molecular complexity index is 920. The number of anilines is 1. The van der Waals surface area contributed by atoms with Crippen molar-refractivity contribution in [1.82, 2.24) is 15.1 Å². The SMILES string of the molecule is Cn1cc2c(NC(=O)NCc3ccc(OC(F)(F)F)cc3)cccc2n1. The number of amides is 2. The topological polar surface area (TPSA) is 68.2 Å². The van der Waals surface area contributed by atoms with Crippen molar-refractivity contribution in [2.45, 2.75) is 12.9 Å². The van der Waals surface area contributed by atoms with Gasteiger partial charge in [0.25, 0.3) is 0 Å². The Morgan fingerprint density at radius 2 is 1.92 bits per heavy atom. The van der Waals surface area contributed by atoms with E-state index in [4.69, 9.17) is 0 Å². The number of hydrogen-bond donors (Lipinski definition) is 2. The highest BCUT2D eigenvalue weighted by Gasteiger charge is 2.30. The average Bonchev–Trinajstić information content (AvgIpc) is 2.94. The van der Waals surface area contributed by atoms with Gasteiger partial charge in [0.05, 0.1) is 11.2 Å². The minimum atomic E-state index is -4.73. The molecule has 0 aliphatic carbocycles. The molecular formula is C17H15F3N4O2. The van der Waals surface area contributed by atoms with E-state index in [1.807, 2.05) is 6.07 Å². The lowest BCUT2D eigenvalue weighted by Gasteiger charge is -2.10.